The second kappa shape index (κ2) is 3.20. The first kappa shape index (κ1) is 9.76. The summed E-state index contributed by atoms with van der Waals surface area (Å²) in [5, 5.41) is 0. The van der Waals surface area contributed by atoms with Crippen LogP contribution in [0.4, 0.5) is 0 Å². The van der Waals surface area contributed by atoms with Gasteiger partial charge < -0.3 is 0 Å². The van der Waals surface area contributed by atoms with Crippen molar-refractivity contribution >= 4 is 5.78 Å². The zero-order valence-electron chi connectivity index (χ0n) is 8.68. The lowest BCUT2D eigenvalue weighted by Crippen LogP contribution is -2.38. The predicted molar refractivity (Wildman–Crippen MR) is 51.0 cm³/mol. The average molecular weight is 168 g/mol. The number of ketones is 1. The minimum absolute atomic E-state index is 0.0213. The molecule has 1 aliphatic carbocycles. The van der Waals surface area contributed by atoms with Crippen LogP contribution in [0.15, 0.2) is 0 Å². The first-order valence-electron chi connectivity index (χ1n) is 5.00. The topological polar surface area (TPSA) is 17.1 Å². The summed E-state index contributed by atoms with van der Waals surface area (Å²) in [7, 11) is 0. The monoisotopic (exact) mass is 168 g/mol. The number of carbonyl (C=O) groups is 1. The second-order valence-electron chi connectivity index (χ2n) is 4.84. The van der Waals surface area contributed by atoms with Crippen molar-refractivity contribution in [3.05, 3.63) is 0 Å². The fourth-order valence-corrected chi connectivity index (χ4v) is 1.95. The maximum atomic E-state index is 11.8. The van der Waals surface area contributed by atoms with Gasteiger partial charge in [0.1, 0.15) is 5.78 Å². The summed E-state index contributed by atoms with van der Waals surface area (Å²) < 4.78 is 0. The number of rotatable bonds is 1. The molecule has 1 nitrogen and oxygen atoms in total. The largest absolute Gasteiger partial charge is 0.299 e. The summed E-state index contributed by atoms with van der Waals surface area (Å²) in [6.45, 7) is 8.63. The van der Waals surface area contributed by atoms with Crippen LogP contribution in [0.5, 0.6) is 0 Å². The Balaban J connectivity index is 2.73. The number of carbonyl (C=O) groups excluding carboxylic acids is 1. The minimum atomic E-state index is -0.0213. The summed E-state index contributed by atoms with van der Waals surface area (Å²) in [6.07, 6.45) is 3.11. The number of Topliss-reactive ketones (excluding diaryl/α,β-unsaturated/α-hetero) is 1. The van der Waals surface area contributed by atoms with Crippen LogP contribution in [-0.4, -0.2) is 5.78 Å². The third kappa shape index (κ3) is 1.55. The van der Waals surface area contributed by atoms with Crippen molar-refractivity contribution in [3.8, 4) is 0 Å². The van der Waals surface area contributed by atoms with Gasteiger partial charge in [-0.2, -0.15) is 0 Å². The van der Waals surface area contributed by atoms with Crippen molar-refractivity contribution in [3.63, 3.8) is 0 Å². The van der Waals surface area contributed by atoms with Gasteiger partial charge in [-0.05, 0) is 24.7 Å². The summed E-state index contributed by atoms with van der Waals surface area (Å²) in [4.78, 5) is 11.8. The van der Waals surface area contributed by atoms with Crippen LogP contribution in [0.2, 0.25) is 0 Å². The van der Waals surface area contributed by atoms with E-state index >= 15 is 0 Å². The van der Waals surface area contributed by atoms with Gasteiger partial charge >= 0.3 is 0 Å². The quantitative estimate of drug-likeness (QED) is 0.588. The van der Waals surface area contributed by atoms with Crippen molar-refractivity contribution < 1.29 is 4.79 Å². The zero-order valence-corrected chi connectivity index (χ0v) is 8.68. The molecule has 1 saturated carbocycles. The summed E-state index contributed by atoms with van der Waals surface area (Å²) in [6, 6.07) is 0. The van der Waals surface area contributed by atoms with E-state index in [1.54, 1.807) is 0 Å². The van der Waals surface area contributed by atoms with Gasteiger partial charge in [-0.25, -0.2) is 0 Å². The minimum Gasteiger partial charge on any atom is -0.299 e. The van der Waals surface area contributed by atoms with E-state index in [1.807, 2.05) is 0 Å². The van der Waals surface area contributed by atoms with E-state index < -0.39 is 0 Å². The Morgan fingerprint density at radius 2 is 2.08 bits per heavy atom. The molecule has 0 amide bonds. The van der Waals surface area contributed by atoms with Crippen molar-refractivity contribution in [2.24, 2.45) is 17.3 Å². The van der Waals surface area contributed by atoms with Crippen molar-refractivity contribution in [1.29, 1.82) is 0 Å². The van der Waals surface area contributed by atoms with Crippen molar-refractivity contribution in [1.82, 2.24) is 0 Å². The Kier molecular flexibility index (Phi) is 2.60. The van der Waals surface area contributed by atoms with E-state index in [-0.39, 0.29) is 5.41 Å². The Labute approximate surface area is 75.5 Å². The molecule has 2 atom stereocenters. The Bertz CT molecular complexity index is 183. The lowest BCUT2D eigenvalue weighted by Gasteiger charge is -2.38. The highest BCUT2D eigenvalue weighted by molar-refractivity contribution is 5.85. The van der Waals surface area contributed by atoms with Gasteiger partial charge in [0, 0.05) is 11.8 Å². The Morgan fingerprint density at radius 3 is 2.50 bits per heavy atom. The van der Waals surface area contributed by atoms with Crippen LogP contribution < -0.4 is 0 Å². The average Bonchev–Trinajstić information content (AvgIpc) is 1.97. The van der Waals surface area contributed by atoms with Crippen LogP contribution in [0.1, 0.15) is 47.0 Å². The van der Waals surface area contributed by atoms with E-state index in [2.05, 4.69) is 27.7 Å². The highest BCUT2D eigenvalue weighted by atomic mass is 16.1. The van der Waals surface area contributed by atoms with Gasteiger partial charge in [0.25, 0.3) is 0 Å². The fourth-order valence-electron chi connectivity index (χ4n) is 1.95. The molecule has 12 heavy (non-hydrogen) atoms. The first-order chi connectivity index (χ1) is 5.47. The van der Waals surface area contributed by atoms with E-state index in [1.165, 1.54) is 6.42 Å². The van der Waals surface area contributed by atoms with Crippen LogP contribution in [0.3, 0.4) is 0 Å². The summed E-state index contributed by atoms with van der Waals surface area (Å²) in [5.74, 6) is 1.60. The number of hydrogen-bond acceptors (Lipinski definition) is 1. The Hall–Kier alpha value is -0.330. The second-order valence-corrected chi connectivity index (χ2v) is 4.84. The molecular formula is C11H20O. The molecule has 0 aliphatic heterocycles. The van der Waals surface area contributed by atoms with Gasteiger partial charge in [-0.3, -0.25) is 4.79 Å². The standard InChI is InChI=1S/C11H20O/c1-8(2)11(4)6-5-9(3)7-10(11)12/h8-9H,5-7H2,1-4H3/t9-,11+/m0/s1. The third-order valence-corrected chi connectivity index (χ3v) is 3.60. The molecule has 0 radical (unpaired) electrons. The molecule has 0 spiro atoms. The molecule has 1 fully saturated rings. The maximum absolute atomic E-state index is 11.8. The van der Waals surface area contributed by atoms with Gasteiger partial charge in [-0.15, -0.1) is 0 Å². The molecular weight excluding hydrogens is 148 g/mol. The highest BCUT2D eigenvalue weighted by Gasteiger charge is 2.39. The van der Waals surface area contributed by atoms with Gasteiger partial charge in [-0.1, -0.05) is 27.7 Å². The van der Waals surface area contributed by atoms with E-state index in [0.29, 0.717) is 17.6 Å². The third-order valence-electron chi connectivity index (χ3n) is 3.60. The molecule has 1 heteroatoms. The molecule has 1 rings (SSSR count). The van der Waals surface area contributed by atoms with Crippen molar-refractivity contribution in [2.75, 3.05) is 0 Å². The predicted octanol–water partition coefficient (Wildman–Crippen LogP) is 3.04. The lowest BCUT2D eigenvalue weighted by molar-refractivity contribution is -0.134. The van der Waals surface area contributed by atoms with Gasteiger partial charge in [0.2, 0.25) is 0 Å². The van der Waals surface area contributed by atoms with Gasteiger partial charge in [0.05, 0.1) is 0 Å². The fraction of sp³-hybridized carbons (Fsp3) is 0.909. The molecule has 0 saturated heterocycles. The molecule has 0 aromatic heterocycles. The normalized spacial score (nSPS) is 37.4. The molecule has 1 aliphatic rings. The lowest BCUT2D eigenvalue weighted by atomic mass is 9.65. The summed E-state index contributed by atoms with van der Waals surface area (Å²) in [5.41, 5.74) is -0.0213. The molecule has 0 heterocycles. The first-order valence-corrected chi connectivity index (χ1v) is 5.00. The molecule has 0 unspecified atom stereocenters. The van der Waals surface area contributed by atoms with Crippen LogP contribution in [0.25, 0.3) is 0 Å². The molecule has 70 valence electrons. The van der Waals surface area contributed by atoms with Crippen LogP contribution >= 0.6 is 0 Å². The summed E-state index contributed by atoms with van der Waals surface area (Å²) >= 11 is 0. The van der Waals surface area contributed by atoms with Gasteiger partial charge in [0.15, 0.2) is 0 Å². The highest BCUT2D eigenvalue weighted by Crippen LogP contribution is 2.40. The molecule has 0 N–H and O–H groups in total. The molecule has 0 bridgehead atoms. The van der Waals surface area contributed by atoms with Crippen LogP contribution in [0, 0.1) is 17.3 Å². The Morgan fingerprint density at radius 1 is 1.50 bits per heavy atom. The van der Waals surface area contributed by atoms with E-state index in [0.717, 1.165) is 12.8 Å². The van der Waals surface area contributed by atoms with E-state index in [4.69, 9.17) is 0 Å². The molecule has 0 aromatic carbocycles. The zero-order chi connectivity index (χ0) is 9.35. The van der Waals surface area contributed by atoms with E-state index in [9.17, 15) is 4.79 Å². The van der Waals surface area contributed by atoms with Crippen molar-refractivity contribution in [2.45, 2.75) is 47.0 Å². The van der Waals surface area contributed by atoms with Crippen LogP contribution in [-0.2, 0) is 4.79 Å². The smallest absolute Gasteiger partial charge is 0.139 e. The SMILES string of the molecule is CC(C)[C@@]1(C)CC[C@H](C)CC1=O. The number of hydrogen-bond donors (Lipinski definition) is 0. The maximum Gasteiger partial charge on any atom is 0.139 e. The molecule has 0 aromatic rings.